The van der Waals surface area contributed by atoms with Crippen LogP contribution in [0.1, 0.15) is 23.7 Å². The van der Waals surface area contributed by atoms with E-state index in [-0.39, 0.29) is 41.7 Å². The predicted octanol–water partition coefficient (Wildman–Crippen LogP) is 2.37. The van der Waals surface area contributed by atoms with Crippen molar-refractivity contribution in [3.05, 3.63) is 32.8 Å². The lowest BCUT2D eigenvalue weighted by molar-refractivity contribution is -0.384. The van der Waals surface area contributed by atoms with E-state index in [1.165, 1.54) is 12.3 Å². The molecule has 0 radical (unpaired) electrons. The van der Waals surface area contributed by atoms with E-state index in [9.17, 15) is 23.9 Å². The van der Waals surface area contributed by atoms with E-state index in [0.29, 0.717) is 0 Å². The Kier molecular flexibility index (Phi) is 7.77. The van der Waals surface area contributed by atoms with Crippen molar-refractivity contribution in [3.8, 4) is 5.75 Å². The van der Waals surface area contributed by atoms with Gasteiger partial charge in [0.1, 0.15) is 5.75 Å². The van der Waals surface area contributed by atoms with Crippen molar-refractivity contribution >= 4 is 39.0 Å². The summed E-state index contributed by atoms with van der Waals surface area (Å²) >= 11 is 5.90. The Labute approximate surface area is 154 Å². The van der Waals surface area contributed by atoms with E-state index < -0.39 is 32.3 Å². The molecule has 1 aromatic carbocycles. The van der Waals surface area contributed by atoms with Gasteiger partial charge in [0.15, 0.2) is 5.02 Å². The first-order valence-corrected chi connectivity index (χ1v) is 9.81. The molecule has 0 saturated carbocycles. The average molecular weight is 408 g/mol. The predicted molar refractivity (Wildman–Crippen MR) is 95.1 cm³/mol. The van der Waals surface area contributed by atoms with E-state index in [0.717, 1.165) is 6.07 Å². The summed E-state index contributed by atoms with van der Waals surface area (Å²) in [6.07, 6.45) is 0.604. The van der Waals surface area contributed by atoms with Crippen LogP contribution in [0.4, 0.5) is 10.5 Å². The molecule has 2 N–H and O–H groups in total. The van der Waals surface area contributed by atoms with E-state index in [1.807, 2.05) is 0 Å². The summed E-state index contributed by atoms with van der Waals surface area (Å²) in [7, 11) is -2.81. The summed E-state index contributed by atoms with van der Waals surface area (Å²) in [6.45, 7) is 1.69. The van der Waals surface area contributed by atoms with Gasteiger partial charge in [-0.25, -0.2) is 9.00 Å². The highest BCUT2D eigenvalue weighted by atomic mass is 35.5. The second kappa shape index (κ2) is 9.34. The number of hydrogen-bond donors (Lipinski definition) is 1. The maximum Gasteiger partial charge on any atom is 0.441 e. The first-order chi connectivity index (χ1) is 12.1. The van der Waals surface area contributed by atoms with Gasteiger partial charge in [-0.3, -0.25) is 14.9 Å². The number of ether oxygens (including phenoxy) is 2. The Morgan fingerprint density at radius 3 is 2.62 bits per heavy atom. The number of nitro benzene ring substituents is 1. The topological polar surface area (TPSA) is 151 Å². The van der Waals surface area contributed by atoms with Crippen LogP contribution in [0.2, 0.25) is 5.02 Å². The first-order valence-electron chi connectivity index (χ1n) is 7.34. The fourth-order valence-corrected chi connectivity index (χ4v) is 3.17. The van der Waals surface area contributed by atoms with Gasteiger partial charge in [0.2, 0.25) is 5.91 Å². The van der Waals surface area contributed by atoms with E-state index in [1.54, 1.807) is 6.92 Å². The summed E-state index contributed by atoms with van der Waals surface area (Å²) in [5.74, 6) is -0.944. The van der Waals surface area contributed by atoms with E-state index in [2.05, 4.69) is 9.10 Å². The van der Waals surface area contributed by atoms with Crippen LogP contribution in [-0.4, -0.2) is 46.4 Å². The zero-order chi connectivity index (χ0) is 19.9. The van der Waals surface area contributed by atoms with Crippen LogP contribution in [0.5, 0.6) is 5.75 Å². The molecule has 0 bridgehead atoms. The number of carbonyl (C=O) groups is 2. The Hall–Kier alpha value is -2.40. The second-order valence-electron chi connectivity index (χ2n) is 5.08. The third kappa shape index (κ3) is 6.48. The number of benzene rings is 1. The third-order valence-electron chi connectivity index (χ3n) is 2.96. The maximum absolute atomic E-state index is 12.1. The molecule has 144 valence electrons. The van der Waals surface area contributed by atoms with E-state index in [4.69, 9.17) is 22.1 Å². The number of carbonyl (C=O) groups excluding carboxylic acids is 2. The number of nitrogens with zero attached hydrogens (tertiary/aromatic N) is 2. The lowest BCUT2D eigenvalue weighted by Crippen LogP contribution is -2.13. The quantitative estimate of drug-likeness (QED) is 0.394. The molecule has 0 saturated heterocycles. The summed E-state index contributed by atoms with van der Waals surface area (Å²) < 4.78 is 25.5. The van der Waals surface area contributed by atoms with Gasteiger partial charge in [0.25, 0.3) is 5.69 Å². The van der Waals surface area contributed by atoms with Gasteiger partial charge >= 0.3 is 6.09 Å². The summed E-state index contributed by atoms with van der Waals surface area (Å²) in [6, 6.07) is 2.14. The average Bonchev–Trinajstić information content (AvgIpc) is 2.51. The van der Waals surface area contributed by atoms with Crippen LogP contribution in [0.3, 0.4) is 0 Å². The number of rotatable bonds is 8. The monoisotopic (exact) mass is 407 g/mol. The minimum absolute atomic E-state index is 0.0255. The van der Waals surface area contributed by atoms with Crippen molar-refractivity contribution in [1.82, 2.24) is 0 Å². The molecular formula is C14H18ClN3O7S. The van der Waals surface area contributed by atoms with Crippen molar-refractivity contribution in [1.29, 1.82) is 0 Å². The number of nitro groups is 1. The minimum Gasteiger partial charge on any atom is -0.492 e. The zero-order valence-electron chi connectivity index (χ0n) is 14.1. The maximum atomic E-state index is 12.1. The minimum atomic E-state index is -2.81. The van der Waals surface area contributed by atoms with Gasteiger partial charge in [-0.1, -0.05) is 11.6 Å². The standard InChI is InChI=1S/C14H18ClN3O7S/c1-3-24-14(20)17-26(2,23)6-4-5-25-11-8-9(13(16)19)7-10(12(11)15)18(21)22/h7-8H,3-6H2,1-2H3,(H2,16,19). The lowest BCUT2D eigenvalue weighted by atomic mass is 10.2. The van der Waals surface area contributed by atoms with Gasteiger partial charge in [0.05, 0.1) is 27.9 Å². The molecule has 2 amide bonds. The number of amides is 2. The van der Waals surface area contributed by atoms with Crippen molar-refractivity contribution in [3.63, 3.8) is 0 Å². The molecule has 0 aliphatic rings. The molecule has 0 spiro atoms. The van der Waals surface area contributed by atoms with Gasteiger partial charge in [-0.15, -0.1) is 4.36 Å². The smallest absolute Gasteiger partial charge is 0.441 e. The van der Waals surface area contributed by atoms with Crippen molar-refractivity contribution in [2.75, 3.05) is 25.2 Å². The molecule has 0 aliphatic carbocycles. The molecule has 12 heteroatoms. The first kappa shape index (κ1) is 21.6. The lowest BCUT2D eigenvalue weighted by Gasteiger charge is -2.10. The molecule has 1 atom stereocenters. The molecule has 1 aromatic rings. The Balaban J connectivity index is 2.82. The number of halogens is 1. The summed E-state index contributed by atoms with van der Waals surface area (Å²) in [5, 5.41) is 10.7. The molecule has 0 fully saturated rings. The Bertz CT molecular complexity index is 834. The summed E-state index contributed by atoms with van der Waals surface area (Å²) in [4.78, 5) is 32.7. The van der Waals surface area contributed by atoms with Gasteiger partial charge < -0.3 is 15.2 Å². The number of hydrogen-bond acceptors (Lipinski definition) is 7. The van der Waals surface area contributed by atoms with Crippen molar-refractivity contribution in [2.45, 2.75) is 13.3 Å². The fraction of sp³-hybridized carbons (Fsp3) is 0.429. The van der Waals surface area contributed by atoms with Crippen LogP contribution in [0.25, 0.3) is 0 Å². The van der Waals surface area contributed by atoms with Crippen molar-refractivity contribution < 1.29 is 28.2 Å². The van der Waals surface area contributed by atoms with Gasteiger partial charge in [-0.2, -0.15) is 0 Å². The number of nitrogens with two attached hydrogens (primary N) is 1. The molecule has 10 nitrogen and oxygen atoms in total. The van der Waals surface area contributed by atoms with E-state index >= 15 is 0 Å². The largest absolute Gasteiger partial charge is 0.492 e. The molecule has 0 aromatic heterocycles. The molecule has 1 unspecified atom stereocenters. The highest BCUT2D eigenvalue weighted by Crippen LogP contribution is 2.35. The summed E-state index contributed by atoms with van der Waals surface area (Å²) in [5.41, 5.74) is 4.48. The van der Waals surface area contributed by atoms with Gasteiger partial charge in [0, 0.05) is 23.6 Å². The Morgan fingerprint density at radius 2 is 2.08 bits per heavy atom. The highest BCUT2D eigenvalue weighted by molar-refractivity contribution is 7.93. The van der Waals surface area contributed by atoms with Crippen molar-refractivity contribution in [2.24, 2.45) is 10.1 Å². The zero-order valence-corrected chi connectivity index (χ0v) is 15.7. The van der Waals surface area contributed by atoms with Crippen LogP contribution in [-0.2, 0) is 14.5 Å². The van der Waals surface area contributed by atoms with Crippen LogP contribution >= 0.6 is 11.6 Å². The van der Waals surface area contributed by atoms with Crippen LogP contribution < -0.4 is 10.5 Å². The highest BCUT2D eigenvalue weighted by Gasteiger charge is 2.21. The van der Waals surface area contributed by atoms with Crippen LogP contribution in [0.15, 0.2) is 16.5 Å². The number of primary amides is 1. The molecule has 0 aliphatic heterocycles. The third-order valence-corrected chi connectivity index (χ3v) is 4.92. The molecule has 1 rings (SSSR count). The normalized spacial score (nSPS) is 12.7. The van der Waals surface area contributed by atoms with Crippen LogP contribution in [0, 0.1) is 10.1 Å². The molecule has 26 heavy (non-hydrogen) atoms. The second-order valence-corrected chi connectivity index (χ2v) is 7.97. The molecular weight excluding hydrogens is 390 g/mol. The SMILES string of the molecule is CCOC(=O)N=S(C)(=O)CCCOc1cc(C(N)=O)cc([N+](=O)[O-])c1Cl. The molecule has 0 heterocycles. The Morgan fingerprint density at radius 1 is 1.42 bits per heavy atom. The fourth-order valence-electron chi connectivity index (χ4n) is 1.83. The van der Waals surface area contributed by atoms with Gasteiger partial charge in [-0.05, 0) is 19.4 Å².